The molecular formula is C24H28N4O. The molecule has 5 nitrogen and oxygen atoms in total. The minimum Gasteiger partial charge on any atom is -0.325 e. The zero-order valence-electron chi connectivity index (χ0n) is 17.3. The first-order valence-electron chi connectivity index (χ1n) is 9.85. The second-order valence-corrected chi connectivity index (χ2v) is 7.34. The maximum absolute atomic E-state index is 12.7. The number of amides is 1. The summed E-state index contributed by atoms with van der Waals surface area (Å²) in [6.07, 6.45) is 2.74. The first kappa shape index (κ1) is 20.6. The Morgan fingerprint density at radius 1 is 0.931 bits per heavy atom. The average molecular weight is 389 g/mol. The Balaban J connectivity index is 1.90. The predicted molar refractivity (Wildman–Crippen MR) is 120 cm³/mol. The van der Waals surface area contributed by atoms with Gasteiger partial charge in [0.15, 0.2) is 5.82 Å². The third-order valence-electron chi connectivity index (χ3n) is 4.66. The lowest BCUT2D eigenvalue weighted by molar-refractivity contribution is 0.102. The van der Waals surface area contributed by atoms with Gasteiger partial charge in [-0.15, -0.1) is 0 Å². The molecule has 0 aliphatic carbocycles. The minimum atomic E-state index is -0.142. The molecule has 0 unspecified atom stereocenters. The number of aromatic nitrogens is 1. The van der Waals surface area contributed by atoms with Crippen molar-refractivity contribution in [3.8, 4) is 0 Å². The second kappa shape index (κ2) is 9.85. The summed E-state index contributed by atoms with van der Waals surface area (Å²) in [6, 6.07) is 21.4. The Bertz CT molecular complexity index is 923. The fourth-order valence-corrected chi connectivity index (χ4v) is 3.12. The molecular weight excluding hydrogens is 360 g/mol. The molecule has 0 radical (unpaired) electrons. The molecule has 5 heteroatoms. The number of pyridine rings is 1. The van der Waals surface area contributed by atoms with Gasteiger partial charge in [-0.2, -0.15) is 0 Å². The number of carbonyl (C=O) groups excluding carboxylic acids is 1. The van der Waals surface area contributed by atoms with Crippen molar-refractivity contribution in [2.45, 2.75) is 13.3 Å². The number of nitrogens with one attached hydrogen (secondary N) is 1. The summed E-state index contributed by atoms with van der Waals surface area (Å²) in [5.74, 6) is 0.608. The molecule has 3 aromatic rings. The number of hydrogen-bond donors (Lipinski definition) is 1. The van der Waals surface area contributed by atoms with Gasteiger partial charge in [0.1, 0.15) is 0 Å². The summed E-state index contributed by atoms with van der Waals surface area (Å²) in [5.41, 5.74) is 3.59. The number of rotatable bonds is 8. The SMILES string of the molecule is Cc1ccc(N(CCCN(C)C)c2ncccc2NC(=O)c2ccccc2)cc1. The van der Waals surface area contributed by atoms with Crippen LogP contribution in [0.4, 0.5) is 17.2 Å². The number of benzene rings is 2. The number of anilines is 3. The van der Waals surface area contributed by atoms with Crippen molar-refractivity contribution in [2.24, 2.45) is 0 Å². The summed E-state index contributed by atoms with van der Waals surface area (Å²) < 4.78 is 0. The molecule has 0 bridgehead atoms. The highest BCUT2D eigenvalue weighted by Crippen LogP contribution is 2.30. The normalized spacial score (nSPS) is 10.8. The Morgan fingerprint density at radius 3 is 2.34 bits per heavy atom. The quantitative estimate of drug-likeness (QED) is 0.606. The van der Waals surface area contributed by atoms with Crippen LogP contribution in [0.3, 0.4) is 0 Å². The highest BCUT2D eigenvalue weighted by molar-refractivity contribution is 6.05. The molecule has 2 aromatic carbocycles. The molecule has 0 aliphatic heterocycles. The van der Waals surface area contributed by atoms with Crippen molar-refractivity contribution in [3.05, 3.63) is 84.1 Å². The van der Waals surface area contributed by atoms with Crippen LogP contribution < -0.4 is 10.2 Å². The monoisotopic (exact) mass is 388 g/mol. The smallest absolute Gasteiger partial charge is 0.255 e. The fourth-order valence-electron chi connectivity index (χ4n) is 3.12. The standard InChI is InChI=1S/C24H28N4O/c1-19-12-14-21(15-13-19)28(18-8-17-27(2)3)23-22(11-7-16-25-23)26-24(29)20-9-5-4-6-10-20/h4-7,9-16H,8,17-18H2,1-3H3,(H,26,29). The lowest BCUT2D eigenvalue weighted by atomic mass is 10.2. The van der Waals surface area contributed by atoms with Crippen molar-refractivity contribution < 1.29 is 4.79 Å². The number of hydrogen-bond acceptors (Lipinski definition) is 4. The van der Waals surface area contributed by atoms with Crippen LogP contribution in [0.1, 0.15) is 22.3 Å². The molecule has 3 rings (SSSR count). The van der Waals surface area contributed by atoms with Crippen molar-refractivity contribution >= 4 is 23.1 Å². The summed E-state index contributed by atoms with van der Waals surface area (Å²) >= 11 is 0. The maximum atomic E-state index is 12.7. The maximum Gasteiger partial charge on any atom is 0.255 e. The molecule has 0 saturated heterocycles. The van der Waals surface area contributed by atoms with Crippen LogP contribution in [-0.2, 0) is 0 Å². The van der Waals surface area contributed by atoms with E-state index >= 15 is 0 Å². The van der Waals surface area contributed by atoms with Gasteiger partial charge in [-0.05, 0) is 70.4 Å². The zero-order chi connectivity index (χ0) is 20.6. The first-order chi connectivity index (χ1) is 14.0. The summed E-state index contributed by atoms with van der Waals surface area (Å²) in [6.45, 7) is 3.85. The van der Waals surface area contributed by atoms with Crippen molar-refractivity contribution in [1.82, 2.24) is 9.88 Å². The average Bonchev–Trinajstić information content (AvgIpc) is 2.73. The molecule has 150 valence electrons. The third kappa shape index (κ3) is 5.65. The highest BCUT2D eigenvalue weighted by Gasteiger charge is 2.17. The lowest BCUT2D eigenvalue weighted by Gasteiger charge is -2.27. The molecule has 0 saturated carbocycles. The van der Waals surface area contributed by atoms with Gasteiger partial charge in [0.2, 0.25) is 0 Å². The summed E-state index contributed by atoms with van der Waals surface area (Å²) in [4.78, 5) is 21.7. The molecule has 0 fully saturated rings. The summed E-state index contributed by atoms with van der Waals surface area (Å²) in [5, 5.41) is 3.03. The second-order valence-electron chi connectivity index (χ2n) is 7.34. The van der Waals surface area contributed by atoms with E-state index < -0.39 is 0 Å². The van der Waals surface area contributed by atoms with Crippen LogP contribution in [0, 0.1) is 6.92 Å². The van der Waals surface area contributed by atoms with Crippen LogP contribution in [0.25, 0.3) is 0 Å². The van der Waals surface area contributed by atoms with Crippen LogP contribution in [0.5, 0.6) is 0 Å². The fraction of sp³-hybridized carbons (Fsp3) is 0.250. The highest BCUT2D eigenvalue weighted by atomic mass is 16.1. The Kier molecular flexibility index (Phi) is 6.98. The van der Waals surface area contributed by atoms with Gasteiger partial charge in [-0.3, -0.25) is 4.79 Å². The van der Waals surface area contributed by atoms with Crippen LogP contribution >= 0.6 is 0 Å². The topological polar surface area (TPSA) is 48.5 Å². The Morgan fingerprint density at radius 2 is 1.66 bits per heavy atom. The summed E-state index contributed by atoms with van der Waals surface area (Å²) in [7, 11) is 4.14. The minimum absolute atomic E-state index is 0.142. The lowest BCUT2D eigenvalue weighted by Crippen LogP contribution is -2.25. The Labute approximate surface area is 173 Å². The van der Waals surface area contributed by atoms with Gasteiger partial charge >= 0.3 is 0 Å². The molecule has 1 heterocycles. The van der Waals surface area contributed by atoms with Gasteiger partial charge in [0.25, 0.3) is 5.91 Å². The van der Waals surface area contributed by atoms with E-state index in [4.69, 9.17) is 0 Å². The van der Waals surface area contributed by atoms with Crippen LogP contribution in [0.2, 0.25) is 0 Å². The van der Waals surface area contributed by atoms with E-state index in [1.54, 1.807) is 18.3 Å². The predicted octanol–water partition coefficient (Wildman–Crippen LogP) is 4.73. The zero-order valence-corrected chi connectivity index (χ0v) is 17.3. The molecule has 29 heavy (non-hydrogen) atoms. The van der Waals surface area contributed by atoms with Crippen molar-refractivity contribution in [3.63, 3.8) is 0 Å². The van der Waals surface area contributed by atoms with E-state index in [2.05, 4.69) is 65.4 Å². The Hall–Kier alpha value is -3.18. The molecule has 0 aliphatic rings. The van der Waals surface area contributed by atoms with Crippen LogP contribution in [0.15, 0.2) is 72.9 Å². The molecule has 1 aromatic heterocycles. The number of carbonyl (C=O) groups is 1. The van der Waals surface area contributed by atoms with Gasteiger partial charge in [0, 0.05) is 24.0 Å². The van der Waals surface area contributed by atoms with E-state index in [9.17, 15) is 4.79 Å². The van der Waals surface area contributed by atoms with Gasteiger partial charge in [-0.1, -0.05) is 35.9 Å². The molecule has 1 N–H and O–H groups in total. The van der Waals surface area contributed by atoms with Crippen molar-refractivity contribution in [1.29, 1.82) is 0 Å². The number of aryl methyl sites for hydroxylation is 1. The van der Waals surface area contributed by atoms with E-state index in [1.807, 2.05) is 30.3 Å². The van der Waals surface area contributed by atoms with E-state index in [1.165, 1.54) is 5.56 Å². The third-order valence-corrected chi connectivity index (χ3v) is 4.66. The van der Waals surface area contributed by atoms with E-state index in [-0.39, 0.29) is 5.91 Å². The number of nitrogens with zero attached hydrogens (tertiary/aromatic N) is 3. The van der Waals surface area contributed by atoms with Gasteiger partial charge in [-0.25, -0.2) is 4.98 Å². The molecule has 1 amide bonds. The van der Waals surface area contributed by atoms with Gasteiger partial charge < -0.3 is 15.1 Å². The van der Waals surface area contributed by atoms with Crippen LogP contribution in [-0.4, -0.2) is 43.0 Å². The van der Waals surface area contributed by atoms with Crippen molar-refractivity contribution in [2.75, 3.05) is 37.4 Å². The largest absolute Gasteiger partial charge is 0.325 e. The first-order valence-corrected chi connectivity index (χ1v) is 9.85. The molecule has 0 spiro atoms. The van der Waals surface area contributed by atoms with E-state index in [0.717, 1.165) is 31.0 Å². The molecule has 0 atom stereocenters. The van der Waals surface area contributed by atoms with Gasteiger partial charge in [0.05, 0.1) is 5.69 Å². The van der Waals surface area contributed by atoms with E-state index in [0.29, 0.717) is 11.3 Å².